The molecule has 0 saturated carbocycles. The van der Waals surface area contributed by atoms with E-state index < -0.39 is 0 Å². The normalized spacial score (nSPS) is 23.9. The minimum atomic E-state index is 0.253. The standard InChI is InChI=1S/C12H23N3O2/c16-10-11-1-5-15(6-2-11)12(17)9-14-7-3-13-4-8-14/h11,13,16H,1-10H2. The number of nitrogens with one attached hydrogen (secondary N) is 1. The van der Waals surface area contributed by atoms with Crippen LogP contribution < -0.4 is 5.32 Å². The van der Waals surface area contributed by atoms with Crippen molar-refractivity contribution >= 4 is 5.91 Å². The van der Waals surface area contributed by atoms with Gasteiger partial charge in [-0.1, -0.05) is 0 Å². The molecule has 2 N–H and O–H groups in total. The molecular formula is C12H23N3O2. The van der Waals surface area contributed by atoms with Gasteiger partial charge in [0.2, 0.25) is 5.91 Å². The lowest BCUT2D eigenvalue weighted by Gasteiger charge is -2.34. The van der Waals surface area contributed by atoms with Gasteiger partial charge in [-0.3, -0.25) is 9.69 Å². The largest absolute Gasteiger partial charge is 0.396 e. The zero-order valence-electron chi connectivity index (χ0n) is 10.4. The van der Waals surface area contributed by atoms with Gasteiger partial charge in [0.25, 0.3) is 0 Å². The summed E-state index contributed by atoms with van der Waals surface area (Å²) in [6, 6.07) is 0. The molecule has 17 heavy (non-hydrogen) atoms. The van der Waals surface area contributed by atoms with Crippen LogP contribution in [0.25, 0.3) is 0 Å². The van der Waals surface area contributed by atoms with E-state index in [2.05, 4.69) is 10.2 Å². The van der Waals surface area contributed by atoms with Crippen LogP contribution in [0.4, 0.5) is 0 Å². The predicted octanol–water partition coefficient (Wildman–Crippen LogP) is -0.877. The summed E-state index contributed by atoms with van der Waals surface area (Å²) in [6.45, 7) is 6.37. The number of hydrogen-bond acceptors (Lipinski definition) is 4. The number of aliphatic hydroxyl groups is 1. The van der Waals surface area contributed by atoms with Crippen molar-refractivity contribution in [2.45, 2.75) is 12.8 Å². The highest BCUT2D eigenvalue weighted by Crippen LogP contribution is 2.16. The van der Waals surface area contributed by atoms with E-state index in [0.29, 0.717) is 12.5 Å². The molecule has 0 unspecified atom stereocenters. The van der Waals surface area contributed by atoms with Crippen LogP contribution in [0.2, 0.25) is 0 Å². The van der Waals surface area contributed by atoms with E-state index in [9.17, 15) is 4.79 Å². The molecule has 5 heteroatoms. The number of hydrogen-bond donors (Lipinski definition) is 2. The quantitative estimate of drug-likeness (QED) is 0.674. The second kappa shape index (κ2) is 6.33. The summed E-state index contributed by atoms with van der Waals surface area (Å²) >= 11 is 0. The fourth-order valence-corrected chi connectivity index (χ4v) is 2.53. The van der Waals surface area contributed by atoms with Gasteiger partial charge in [-0.05, 0) is 18.8 Å². The van der Waals surface area contributed by atoms with Gasteiger partial charge in [-0.15, -0.1) is 0 Å². The van der Waals surface area contributed by atoms with Crippen LogP contribution in [0.5, 0.6) is 0 Å². The number of likely N-dealkylation sites (tertiary alicyclic amines) is 1. The molecule has 5 nitrogen and oxygen atoms in total. The second-order valence-electron chi connectivity index (χ2n) is 5.03. The van der Waals surface area contributed by atoms with Crippen LogP contribution in [0.1, 0.15) is 12.8 Å². The minimum Gasteiger partial charge on any atom is -0.396 e. The number of carbonyl (C=O) groups excluding carboxylic acids is 1. The number of aliphatic hydroxyl groups excluding tert-OH is 1. The molecular weight excluding hydrogens is 218 g/mol. The van der Waals surface area contributed by atoms with Crippen molar-refractivity contribution in [3.63, 3.8) is 0 Å². The first kappa shape index (κ1) is 12.8. The maximum absolute atomic E-state index is 12.1. The van der Waals surface area contributed by atoms with Crippen LogP contribution in [0.15, 0.2) is 0 Å². The van der Waals surface area contributed by atoms with E-state index in [-0.39, 0.29) is 12.5 Å². The fourth-order valence-electron chi connectivity index (χ4n) is 2.53. The van der Waals surface area contributed by atoms with Gasteiger partial charge in [0.15, 0.2) is 0 Å². The Balaban J connectivity index is 1.72. The maximum Gasteiger partial charge on any atom is 0.236 e. The Morgan fingerprint density at radius 3 is 2.41 bits per heavy atom. The molecule has 0 atom stereocenters. The number of carbonyl (C=O) groups is 1. The molecule has 0 bridgehead atoms. The maximum atomic E-state index is 12.1. The van der Waals surface area contributed by atoms with E-state index in [4.69, 9.17) is 5.11 Å². The molecule has 2 saturated heterocycles. The van der Waals surface area contributed by atoms with E-state index in [1.54, 1.807) is 0 Å². The molecule has 0 spiro atoms. The zero-order chi connectivity index (χ0) is 12.1. The van der Waals surface area contributed by atoms with Crippen LogP contribution in [-0.2, 0) is 4.79 Å². The SMILES string of the molecule is O=C(CN1CCNCC1)N1CCC(CO)CC1. The molecule has 1 amide bonds. The number of nitrogens with zero attached hydrogens (tertiary/aromatic N) is 2. The summed E-state index contributed by atoms with van der Waals surface area (Å²) in [6.07, 6.45) is 1.90. The summed E-state index contributed by atoms with van der Waals surface area (Å²) in [5.74, 6) is 0.654. The molecule has 2 rings (SSSR count). The molecule has 2 aliphatic heterocycles. The molecule has 0 aliphatic carbocycles. The minimum absolute atomic E-state index is 0.253. The first-order chi connectivity index (χ1) is 8.29. The van der Waals surface area contributed by atoms with Gasteiger partial charge in [-0.25, -0.2) is 0 Å². The monoisotopic (exact) mass is 241 g/mol. The van der Waals surface area contributed by atoms with E-state index in [0.717, 1.165) is 52.1 Å². The molecule has 0 aromatic carbocycles. The molecule has 2 fully saturated rings. The van der Waals surface area contributed by atoms with Crippen LogP contribution in [0, 0.1) is 5.92 Å². The highest BCUT2D eigenvalue weighted by atomic mass is 16.3. The predicted molar refractivity (Wildman–Crippen MR) is 65.7 cm³/mol. The first-order valence-corrected chi connectivity index (χ1v) is 6.61. The van der Waals surface area contributed by atoms with Crippen molar-refractivity contribution in [3.05, 3.63) is 0 Å². The number of rotatable bonds is 3. The smallest absolute Gasteiger partial charge is 0.236 e. The summed E-state index contributed by atoms with van der Waals surface area (Å²) < 4.78 is 0. The van der Waals surface area contributed by atoms with Gasteiger partial charge < -0.3 is 15.3 Å². The Labute approximate surface area is 103 Å². The molecule has 2 heterocycles. The van der Waals surface area contributed by atoms with Crippen molar-refractivity contribution in [2.75, 3.05) is 52.4 Å². The summed E-state index contributed by atoms with van der Waals surface area (Å²) in [4.78, 5) is 16.2. The van der Waals surface area contributed by atoms with Crippen LogP contribution in [0.3, 0.4) is 0 Å². The highest BCUT2D eigenvalue weighted by Gasteiger charge is 2.23. The lowest BCUT2D eigenvalue weighted by atomic mass is 9.98. The Morgan fingerprint density at radius 1 is 1.18 bits per heavy atom. The van der Waals surface area contributed by atoms with Gasteiger partial charge in [-0.2, -0.15) is 0 Å². The molecule has 0 radical (unpaired) electrons. The van der Waals surface area contributed by atoms with Crippen molar-refractivity contribution < 1.29 is 9.90 Å². The molecule has 0 aromatic rings. The van der Waals surface area contributed by atoms with Crippen molar-refractivity contribution in [2.24, 2.45) is 5.92 Å². The average Bonchev–Trinajstić information content (AvgIpc) is 2.40. The van der Waals surface area contributed by atoms with Crippen molar-refractivity contribution in [1.29, 1.82) is 0 Å². The van der Waals surface area contributed by atoms with E-state index in [1.165, 1.54) is 0 Å². The topological polar surface area (TPSA) is 55.8 Å². The number of amides is 1. The van der Waals surface area contributed by atoms with Gasteiger partial charge in [0, 0.05) is 45.9 Å². The molecule has 98 valence electrons. The zero-order valence-corrected chi connectivity index (χ0v) is 10.4. The number of piperazine rings is 1. The molecule has 0 aromatic heterocycles. The van der Waals surface area contributed by atoms with E-state index in [1.807, 2.05) is 4.90 Å². The Kier molecular flexibility index (Phi) is 4.76. The van der Waals surface area contributed by atoms with Crippen molar-refractivity contribution in [1.82, 2.24) is 15.1 Å². The van der Waals surface area contributed by atoms with Crippen molar-refractivity contribution in [3.8, 4) is 0 Å². The third-order valence-electron chi connectivity index (χ3n) is 3.79. The molecule has 2 aliphatic rings. The fraction of sp³-hybridized carbons (Fsp3) is 0.917. The van der Waals surface area contributed by atoms with E-state index >= 15 is 0 Å². The third kappa shape index (κ3) is 3.66. The first-order valence-electron chi connectivity index (χ1n) is 6.61. The average molecular weight is 241 g/mol. The Morgan fingerprint density at radius 2 is 1.82 bits per heavy atom. The summed E-state index contributed by atoms with van der Waals surface area (Å²) in [5, 5.41) is 12.3. The van der Waals surface area contributed by atoms with Gasteiger partial charge in [0.05, 0.1) is 6.54 Å². The lowest BCUT2D eigenvalue weighted by Crippen LogP contribution is -2.49. The van der Waals surface area contributed by atoms with Crippen LogP contribution >= 0.6 is 0 Å². The summed E-state index contributed by atoms with van der Waals surface area (Å²) in [5.41, 5.74) is 0. The van der Waals surface area contributed by atoms with Gasteiger partial charge in [0.1, 0.15) is 0 Å². The summed E-state index contributed by atoms with van der Waals surface area (Å²) in [7, 11) is 0. The number of piperidine rings is 1. The Hall–Kier alpha value is -0.650. The Bertz CT molecular complexity index is 246. The second-order valence-corrected chi connectivity index (χ2v) is 5.03. The van der Waals surface area contributed by atoms with Gasteiger partial charge >= 0.3 is 0 Å². The van der Waals surface area contributed by atoms with Crippen LogP contribution in [-0.4, -0.2) is 73.2 Å². The third-order valence-corrected chi connectivity index (χ3v) is 3.79. The highest BCUT2D eigenvalue weighted by molar-refractivity contribution is 5.78. The lowest BCUT2D eigenvalue weighted by molar-refractivity contribution is -0.134.